The first-order chi connectivity index (χ1) is 9.70. The number of halogens is 1. The van der Waals surface area contributed by atoms with E-state index in [1.165, 1.54) is 0 Å². The maximum Gasteiger partial charge on any atom is 0.112 e. The second-order valence-corrected chi connectivity index (χ2v) is 6.42. The lowest BCUT2D eigenvalue weighted by molar-refractivity contribution is 0.178. The summed E-state index contributed by atoms with van der Waals surface area (Å²) in [5, 5.41) is 12.4. The minimum atomic E-state index is -0.522. The lowest BCUT2D eigenvalue weighted by atomic mass is 10.2. The summed E-state index contributed by atoms with van der Waals surface area (Å²) in [6, 6.07) is 10.1. The molecule has 0 radical (unpaired) electrons. The normalized spacial score (nSPS) is 12.9. The zero-order valence-electron chi connectivity index (χ0n) is 11.1. The molecule has 3 nitrogen and oxygen atoms in total. The third kappa shape index (κ3) is 2.41. The molecule has 0 fully saturated rings. The highest BCUT2D eigenvalue weighted by Crippen LogP contribution is 2.31. The Morgan fingerprint density at radius 3 is 2.85 bits per heavy atom. The highest BCUT2D eigenvalue weighted by Gasteiger charge is 2.17. The second-order valence-electron chi connectivity index (χ2n) is 4.61. The number of aliphatic hydroxyl groups is 1. The van der Waals surface area contributed by atoms with Crippen LogP contribution in [0.3, 0.4) is 0 Å². The lowest BCUT2D eigenvalue weighted by Crippen LogP contribution is -2.08. The van der Waals surface area contributed by atoms with Crippen LogP contribution >= 0.6 is 27.3 Å². The molecule has 0 amide bonds. The Hall–Kier alpha value is -1.17. The van der Waals surface area contributed by atoms with Crippen LogP contribution in [0.5, 0.6) is 0 Å². The van der Waals surface area contributed by atoms with E-state index in [4.69, 9.17) is 0 Å². The number of nitrogens with zero attached hydrogens (tertiary/aromatic N) is 2. The summed E-state index contributed by atoms with van der Waals surface area (Å²) in [6.07, 6.45) is 0.00763. The predicted molar refractivity (Wildman–Crippen MR) is 86.1 cm³/mol. The van der Waals surface area contributed by atoms with Crippen LogP contribution < -0.4 is 0 Å². The average Bonchev–Trinajstić information content (AvgIpc) is 3.01. The molecule has 0 aliphatic rings. The Balaban J connectivity index is 1.96. The highest BCUT2D eigenvalue weighted by atomic mass is 79.9. The predicted octanol–water partition coefficient (Wildman–Crippen LogP) is 4.16. The summed E-state index contributed by atoms with van der Waals surface area (Å²) in [4.78, 5) is 5.61. The Bertz CT molecular complexity index is 734. The quantitative estimate of drug-likeness (QED) is 0.767. The number of thiophene rings is 1. The number of benzene rings is 1. The van der Waals surface area contributed by atoms with Gasteiger partial charge in [0.1, 0.15) is 5.82 Å². The van der Waals surface area contributed by atoms with Crippen LogP contribution in [0.4, 0.5) is 0 Å². The van der Waals surface area contributed by atoms with Gasteiger partial charge in [-0.05, 0) is 46.4 Å². The summed E-state index contributed by atoms with van der Waals surface area (Å²) in [6.45, 7) is 2.96. The highest BCUT2D eigenvalue weighted by molar-refractivity contribution is 9.10. The van der Waals surface area contributed by atoms with Crippen molar-refractivity contribution in [1.29, 1.82) is 0 Å². The van der Waals surface area contributed by atoms with Gasteiger partial charge in [0.2, 0.25) is 0 Å². The number of imidazole rings is 1. The third-order valence-electron chi connectivity index (χ3n) is 3.37. The maximum absolute atomic E-state index is 10.4. The summed E-state index contributed by atoms with van der Waals surface area (Å²) in [7, 11) is 0. The first-order valence-electron chi connectivity index (χ1n) is 6.55. The van der Waals surface area contributed by atoms with Gasteiger partial charge in [-0.1, -0.05) is 12.1 Å². The van der Waals surface area contributed by atoms with Gasteiger partial charge >= 0.3 is 0 Å². The fraction of sp³-hybridized carbons (Fsp3) is 0.267. The summed E-state index contributed by atoms with van der Waals surface area (Å²) < 4.78 is 3.13. The zero-order valence-corrected chi connectivity index (χ0v) is 13.5. The van der Waals surface area contributed by atoms with Crippen LogP contribution in [-0.2, 0) is 13.0 Å². The molecule has 0 spiro atoms. The molecule has 104 valence electrons. The van der Waals surface area contributed by atoms with E-state index in [0.717, 1.165) is 32.8 Å². The van der Waals surface area contributed by atoms with Crippen molar-refractivity contribution in [3.05, 3.63) is 50.9 Å². The second kappa shape index (κ2) is 5.68. The molecule has 0 aliphatic heterocycles. The van der Waals surface area contributed by atoms with Crippen LogP contribution in [0.1, 0.15) is 23.7 Å². The molecule has 1 unspecified atom stereocenters. The van der Waals surface area contributed by atoms with Crippen LogP contribution in [0.15, 0.2) is 40.2 Å². The van der Waals surface area contributed by atoms with Crippen molar-refractivity contribution in [1.82, 2.24) is 9.55 Å². The molecule has 0 aliphatic carbocycles. The molecule has 3 aromatic rings. The number of aromatic nitrogens is 2. The zero-order chi connectivity index (χ0) is 14.1. The van der Waals surface area contributed by atoms with Crippen molar-refractivity contribution >= 4 is 38.3 Å². The fourth-order valence-corrected chi connectivity index (χ4v) is 4.07. The number of fused-ring (bicyclic) bond motifs is 1. The molecule has 0 saturated heterocycles. The minimum Gasteiger partial charge on any atom is -0.387 e. The van der Waals surface area contributed by atoms with Gasteiger partial charge in [-0.15, -0.1) is 11.3 Å². The van der Waals surface area contributed by atoms with E-state index < -0.39 is 6.10 Å². The van der Waals surface area contributed by atoms with E-state index in [2.05, 4.69) is 38.5 Å². The third-order valence-corrected chi connectivity index (χ3v) is 5.35. The lowest BCUT2D eigenvalue weighted by Gasteiger charge is -2.11. The van der Waals surface area contributed by atoms with Crippen molar-refractivity contribution in [3.63, 3.8) is 0 Å². The van der Waals surface area contributed by atoms with E-state index in [9.17, 15) is 5.11 Å². The number of hydrogen-bond acceptors (Lipinski definition) is 3. The molecule has 2 heterocycles. The molecule has 0 saturated carbocycles. The van der Waals surface area contributed by atoms with Gasteiger partial charge in [-0.2, -0.15) is 0 Å². The molecule has 0 bridgehead atoms. The first kappa shape index (κ1) is 13.8. The summed E-state index contributed by atoms with van der Waals surface area (Å²) in [5.74, 6) is 0.932. The van der Waals surface area contributed by atoms with Crippen LogP contribution in [-0.4, -0.2) is 14.7 Å². The van der Waals surface area contributed by atoms with Crippen molar-refractivity contribution in [2.24, 2.45) is 0 Å². The average molecular weight is 351 g/mol. The van der Waals surface area contributed by atoms with Gasteiger partial charge in [-0.25, -0.2) is 4.98 Å². The molecule has 5 heteroatoms. The maximum atomic E-state index is 10.4. The van der Waals surface area contributed by atoms with Gasteiger partial charge in [0.05, 0.1) is 17.1 Å². The smallest absolute Gasteiger partial charge is 0.112 e. The molecular weight excluding hydrogens is 336 g/mol. The summed E-state index contributed by atoms with van der Waals surface area (Å²) in [5.41, 5.74) is 2.12. The SMILES string of the molecule is CCn1c(CC(O)c2sccc2Br)nc2ccccc21. The largest absolute Gasteiger partial charge is 0.387 e. The molecular formula is C15H15BrN2OS. The number of para-hydroxylation sites is 2. The topological polar surface area (TPSA) is 38.0 Å². The van der Waals surface area contributed by atoms with Crippen LogP contribution in [0.25, 0.3) is 11.0 Å². The molecule has 1 atom stereocenters. The summed E-state index contributed by atoms with van der Waals surface area (Å²) >= 11 is 5.04. The molecule has 1 N–H and O–H groups in total. The van der Waals surface area contributed by atoms with Crippen LogP contribution in [0.2, 0.25) is 0 Å². The van der Waals surface area contributed by atoms with E-state index in [-0.39, 0.29) is 0 Å². The molecule has 1 aromatic carbocycles. The van der Waals surface area contributed by atoms with E-state index >= 15 is 0 Å². The minimum absolute atomic E-state index is 0.522. The molecule has 20 heavy (non-hydrogen) atoms. The van der Waals surface area contributed by atoms with Gasteiger partial charge in [0.15, 0.2) is 0 Å². The number of rotatable bonds is 4. The van der Waals surface area contributed by atoms with E-state index in [0.29, 0.717) is 6.42 Å². The molecule has 3 rings (SSSR count). The van der Waals surface area contributed by atoms with Gasteiger partial charge < -0.3 is 9.67 Å². The number of aliphatic hydroxyl groups excluding tert-OH is 1. The Morgan fingerprint density at radius 2 is 2.15 bits per heavy atom. The van der Waals surface area contributed by atoms with E-state index in [1.54, 1.807) is 11.3 Å². The fourth-order valence-electron chi connectivity index (χ4n) is 2.44. The van der Waals surface area contributed by atoms with Crippen molar-refractivity contribution < 1.29 is 5.11 Å². The van der Waals surface area contributed by atoms with Gasteiger partial charge in [0.25, 0.3) is 0 Å². The van der Waals surface area contributed by atoms with Gasteiger partial charge in [-0.3, -0.25) is 0 Å². The Morgan fingerprint density at radius 1 is 1.35 bits per heavy atom. The van der Waals surface area contributed by atoms with Crippen molar-refractivity contribution in [2.75, 3.05) is 0 Å². The monoisotopic (exact) mass is 350 g/mol. The number of hydrogen-bond donors (Lipinski definition) is 1. The standard InChI is InChI=1S/C15H15BrN2OS/c1-2-18-12-6-4-3-5-11(12)17-14(18)9-13(19)15-10(16)7-8-20-15/h3-8,13,19H,2,9H2,1H3. The Labute approximate surface area is 130 Å². The van der Waals surface area contributed by atoms with E-state index in [1.807, 2.05) is 29.6 Å². The van der Waals surface area contributed by atoms with Crippen molar-refractivity contribution in [3.8, 4) is 0 Å². The van der Waals surface area contributed by atoms with Crippen LogP contribution in [0, 0.1) is 0 Å². The molecule has 2 aromatic heterocycles. The first-order valence-corrected chi connectivity index (χ1v) is 8.23. The number of aryl methyl sites for hydroxylation is 1. The Kier molecular flexibility index (Phi) is 3.92. The van der Waals surface area contributed by atoms with Crippen molar-refractivity contribution in [2.45, 2.75) is 26.0 Å². The van der Waals surface area contributed by atoms with Gasteiger partial charge in [0, 0.05) is 22.3 Å².